The fourth-order valence-corrected chi connectivity index (χ4v) is 1.46. The van der Waals surface area contributed by atoms with Gasteiger partial charge in [-0.05, 0) is 18.4 Å². The lowest BCUT2D eigenvalue weighted by molar-refractivity contribution is -0.139. The molecule has 0 aromatic heterocycles. The highest BCUT2D eigenvalue weighted by Gasteiger charge is 2.19. The lowest BCUT2D eigenvalue weighted by Crippen LogP contribution is -2.41. The lowest BCUT2D eigenvalue weighted by atomic mass is 10.1. The molecule has 0 fully saturated rings. The molecule has 0 aliphatic rings. The molecule has 19 heavy (non-hydrogen) atoms. The van der Waals surface area contributed by atoms with Gasteiger partial charge in [-0.1, -0.05) is 30.3 Å². The first-order valence-corrected chi connectivity index (χ1v) is 5.94. The Morgan fingerprint density at radius 2 is 1.95 bits per heavy atom. The molecule has 1 atom stereocenters. The van der Waals surface area contributed by atoms with E-state index in [1.165, 1.54) is 0 Å². The first-order valence-electron chi connectivity index (χ1n) is 5.94. The number of carbonyl (C=O) groups excluding carboxylic acids is 1. The van der Waals surface area contributed by atoms with Crippen LogP contribution in [0.2, 0.25) is 0 Å². The smallest absolute Gasteiger partial charge is 0.408 e. The average molecular weight is 267 g/mol. The average Bonchev–Trinajstić information content (AvgIpc) is 2.42. The van der Waals surface area contributed by atoms with Crippen molar-refractivity contribution in [1.82, 2.24) is 5.32 Å². The van der Waals surface area contributed by atoms with Crippen LogP contribution in [-0.2, 0) is 16.1 Å². The summed E-state index contributed by atoms with van der Waals surface area (Å²) in [6.07, 6.45) is -0.323. The lowest BCUT2D eigenvalue weighted by Gasteiger charge is -2.13. The number of carboxylic acid groups (broad SMARTS) is 1. The van der Waals surface area contributed by atoms with Gasteiger partial charge >= 0.3 is 12.1 Å². The van der Waals surface area contributed by atoms with Crippen LogP contribution in [0.15, 0.2) is 30.3 Å². The summed E-state index contributed by atoms with van der Waals surface area (Å²) < 4.78 is 4.91. The van der Waals surface area contributed by atoms with Gasteiger partial charge in [-0.15, -0.1) is 0 Å². The summed E-state index contributed by atoms with van der Waals surface area (Å²) in [7, 11) is 0. The van der Waals surface area contributed by atoms with Gasteiger partial charge < -0.3 is 20.3 Å². The van der Waals surface area contributed by atoms with Crippen molar-refractivity contribution in [3.8, 4) is 0 Å². The number of hydrogen-bond donors (Lipinski definition) is 3. The topological polar surface area (TPSA) is 95.9 Å². The summed E-state index contributed by atoms with van der Waals surface area (Å²) in [5, 5.41) is 19.8. The van der Waals surface area contributed by atoms with Crippen LogP contribution in [0.5, 0.6) is 0 Å². The summed E-state index contributed by atoms with van der Waals surface area (Å²) in [6.45, 7) is -0.0382. The summed E-state index contributed by atoms with van der Waals surface area (Å²) in [5.74, 6) is -1.15. The van der Waals surface area contributed by atoms with Crippen molar-refractivity contribution in [1.29, 1.82) is 0 Å². The molecule has 0 bridgehead atoms. The Kier molecular flexibility index (Phi) is 6.38. The number of amides is 1. The minimum Gasteiger partial charge on any atom is -0.480 e. The molecular formula is C13H17NO5. The zero-order valence-corrected chi connectivity index (χ0v) is 10.4. The molecule has 6 heteroatoms. The number of carbonyl (C=O) groups is 2. The predicted molar refractivity (Wildman–Crippen MR) is 67.5 cm³/mol. The van der Waals surface area contributed by atoms with Crippen LogP contribution >= 0.6 is 0 Å². The van der Waals surface area contributed by atoms with Crippen molar-refractivity contribution in [2.45, 2.75) is 25.5 Å². The largest absolute Gasteiger partial charge is 0.480 e. The Balaban J connectivity index is 2.38. The molecule has 0 heterocycles. The number of aliphatic hydroxyl groups is 1. The standard InChI is InChI=1S/C13H17NO5/c15-8-4-7-11(12(16)17)14-13(18)19-9-10-5-2-1-3-6-10/h1-3,5-6,11,15H,4,7-9H2,(H,14,18)(H,16,17)/t11-/m0/s1. The minimum atomic E-state index is -1.15. The van der Waals surface area contributed by atoms with E-state index in [1.54, 1.807) is 12.1 Å². The second-order valence-electron chi connectivity index (χ2n) is 3.96. The van der Waals surface area contributed by atoms with Crippen molar-refractivity contribution >= 4 is 12.1 Å². The van der Waals surface area contributed by atoms with Crippen LogP contribution in [0.25, 0.3) is 0 Å². The Morgan fingerprint density at radius 3 is 2.53 bits per heavy atom. The quantitative estimate of drug-likeness (QED) is 0.688. The maximum atomic E-state index is 11.4. The number of carboxylic acids is 1. The highest BCUT2D eigenvalue weighted by molar-refractivity contribution is 5.79. The fraction of sp³-hybridized carbons (Fsp3) is 0.385. The molecule has 6 nitrogen and oxygen atoms in total. The molecule has 0 saturated heterocycles. The van der Waals surface area contributed by atoms with Gasteiger partial charge in [0.2, 0.25) is 0 Å². The van der Waals surface area contributed by atoms with E-state index in [2.05, 4.69) is 5.32 Å². The van der Waals surface area contributed by atoms with Crippen LogP contribution in [0, 0.1) is 0 Å². The Hall–Kier alpha value is -2.08. The molecule has 0 unspecified atom stereocenters. The van der Waals surface area contributed by atoms with E-state index in [0.29, 0.717) is 6.42 Å². The van der Waals surface area contributed by atoms with Crippen LogP contribution in [-0.4, -0.2) is 34.9 Å². The van der Waals surface area contributed by atoms with Crippen LogP contribution in [0.3, 0.4) is 0 Å². The monoisotopic (exact) mass is 267 g/mol. The Bertz CT molecular complexity index is 407. The Labute approximate surface area is 111 Å². The van der Waals surface area contributed by atoms with E-state index in [4.69, 9.17) is 14.9 Å². The van der Waals surface area contributed by atoms with Crippen LogP contribution in [0.4, 0.5) is 4.79 Å². The molecular weight excluding hydrogens is 250 g/mol. The van der Waals surface area contributed by atoms with E-state index in [-0.39, 0.29) is 19.6 Å². The number of alkyl carbamates (subject to hydrolysis) is 1. The minimum absolute atomic E-state index is 0.0824. The van der Waals surface area contributed by atoms with Crippen LogP contribution in [0.1, 0.15) is 18.4 Å². The zero-order chi connectivity index (χ0) is 14.1. The summed E-state index contributed by atoms with van der Waals surface area (Å²) >= 11 is 0. The first-order chi connectivity index (χ1) is 9.13. The first kappa shape index (κ1) is 15.0. The number of rotatable bonds is 7. The number of hydrogen-bond acceptors (Lipinski definition) is 4. The van der Waals surface area contributed by atoms with Crippen molar-refractivity contribution < 1.29 is 24.5 Å². The maximum Gasteiger partial charge on any atom is 0.408 e. The van der Waals surface area contributed by atoms with E-state index in [1.807, 2.05) is 18.2 Å². The third kappa shape index (κ3) is 5.87. The van der Waals surface area contributed by atoms with E-state index in [0.717, 1.165) is 5.56 Å². The van der Waals surface area contributed by atoms with Gasteiger partial charge in [0, 0.05) is 6.61 Å². The van der Waals surface area contributed by atoms with Gasteiger partial charge in [-0.25, -0.2) is 9.59 Å². The molecule has 104 valence electrons. The molecule has 0 aliphatic carbocycles. The van der Waals surface area contributed by atoms with Crippen molar-refractivity contribution in [3.63, 3.8) is 0 Å². The molecule has 0 radical (unpaired) electrons. The second-order valence-corrected chi connectivity index (χ2v) is 3.96. The normalized spacial score (nSPS) is 11.6. The second kappa shape index (κ2) is 8.10. The van der Waals surface area contributed by atoms with Crippen molar-refractivity contribution in [3.05, 3.63) is 35.9 Å². The molecule has 1 amide bonds. The molecule has 1 aromatic carbocycles. The number of aliphatic hydroxyl groups excluding tert-OH is 1. The SMILES string of the molecule is O=C(N[C@@H](CCCO)C(=O)O)OCc1ccccc1. The predicted octanol–water partition coefficient (Wildman–Crippen LogP) is 1.14. The molecule has 0 aliphatic heterocycles. The van der Waals surface area contributed by atoms with Gasteiger partial charge in [0.15, 0.2) is 0 Å². The van der Waals surface area contributed by atoms with Gasteiger partial charge in [0.05, 0.1) is 0 Å². The number of aliphatic carboxylic acids is 1. The third-order valence-corrected chi connectivity index (χ3v) is 2.45. The molecule has 0 spiro atoms. The highest BCUT2D eigenvalue weighted by Crippen LogP contribution is 2.02. The molecule has 3 N–H and O–H groups in total. The summed E-state index contributed by atoms with van der Waals surface area (Å²) in [6, 6.07) is 8.03. The molecule has 1 aromatic rings. The molecule has 1 rings (SSSR count). The fourth-order valence-electron chi connectivity index (χ4n) is 1.46. The van der Waals surface area contributed by atoms with Gasteiger partial charge in [0.25, 0.3) is 0 Å². The molecule has 0 saturated carbocycles. The number of nitrogens with one attached hydrogen (secondary N) is 1. The number of benzene rings is 1. The third-order valence-electron chi connectivity index (χ3n) is 2.45. The number of ether oxygens (including phenoxy) is 1. The van der Waals surface area contributed by atoms with Gasteiger partial charge in [0.1, 0.15) is 12.6 Å². The van der Waals surface area contributed by atoms with Crippen molar-refractivity contribution in [2.75, 3.05) is 6.61 Å². The Morgan fingerprint density at radius 1 is 1.26 bits per heavy atom. The maximum absolute atomic E-state index is 11.4. The highest BCUT2D eigenvalue weighted by atomic mass is 16.5. The van der Waals surface area contributed by atoms with Gasteiger partial charge in [-0.2, -0.15) is 0 Å². The van der Waals surface area contributed by atoms with Gasteiger partial charge in [-0.3, -0.25) is 0 Å². The van der Waals surface area contributed by atoms with E-state index >= 15 is 0 Å². The van der Waals surface area contributed by atoms with E-state index < -0.39 is 18.1 Å². The summed E-state index contributed by atoms with van der Waals surface area (Å²) in [5.41, 5.74) is 0.819. The summed E-state index contributed by atoms with van der Waals surface area (Å²) in [4.78, 5) is 22.3. The van der Waals surface area contributed by atoms with Crippen molar-refractivity contribution in [2.24, 2.45) is 0 Å². The van der Waals surface area contributed by atoms with Crippen LogP contribution < -0.4 is 5.32 Å². The zero-order valence-electron chi connectivity index (χ0n) is 10.4. The van der Waals surface area contributed by atoms with E-state index in [9.17, 15) is 9.59 Å².